The maximum absolute atomic E-state index is 12.5. The molecule has 0 saturated carbocycles. The lowest BCUT2D eigenvalue weighted by Gasteiger charge is -2.46. The third-order valence-electron chi connectivity index (χ3n) is 4.50. The Morgan fingerprint density at radius 1 is 1.00 bits per heavy atom. The molecule has 0 spiro atoms. The molecule has 0 unspecified atom stereocenters. The Kier molecular flexibility index (Phi) is 4.99. The van der Waals surface area contributed by atoms with Crippen LogP contribution in [0.4, 0.5) is 0 Å². The number of hydrogen-bond donors (Lipinski definition) is 0. The van der Waals surface area contributed by atoms with Crippen LogP contribution in [0.1, 0.15) is 12.8 Å². The number of nitrogens with zero attached hydrogens (tertiary/aromatic N) is 2. The summed E-state index contributed by atoms with van der Waals surface area (Å²) in [5, 5.41) is 0. The van der Waals surface area contributed by atoms with Gasteiger partial charge in [-0.1, -0.05) is 18.2 Å². The number of benzene rings is 1. The third-order valence-corrected chi connectivity index (χ3v) is 7.71. The van der Waals surface area contributed by atoms with E-state index in [1.165, 1.54) is 14.9 Å². The fourth-order valence-electron chi connectivity index (χ4n) is 3.29. The van der Waals surface area contributed by atoms with Crippen LogP contribution < -0.4 is 0 Å². The molecule has 3 rings (SSSR count). The van der Waals surface area contributed by atoms with Crippen molar-refractivity contribution in [1.29, 1.82) is 0 Å². The normalized spacial score (nSPS) is 21.8. The maximum atomic E-state index is 12.5. The highest BCUT2D eigenvalue weighted by molar-refractivity contribution is 7.89. The number of hydrogen-bond acceptors (Lipinski definition) is 5. The van der Waals surface area contributed by atoms with Gasteiger partial charge in [0, 0.05) is 32.3 Å². The van der Waals surface area contributed by atoms with Gasteiger partial charge in [-0.2, -0.15) is 8.61 Å². The summed E-state index contributed by atoms with van der Waals surface area (Å²) in [6, 6.07) is 7.80. The van der Waals surface area contributed by atoms with Crippen molar-refractivity contribution in [1.82, 2.24) is 8.61 Å². The zero-order valence-electron chi connectivity index (χ0n) is 13.5. The zero-order chi connectivity index (χ0) is 17.4. The molecule has 9 heteroatoms. The molecule has 7 nitrogen and oxygen atoms in total. The van der Waals surface area contributed by atoms with Crippen LogP contribution in [0, 0.1) is 0 Å². The van der Waals surface area contributed by atoms with E-state index in [0.717, 1.165) is 0 Å². The molecule has 1 aromatic carbocycles. The summed E-state index contributed by atoms with van der Waals surface area (Å²) < 4.78 is 57.6. The van der Waals surface area contributed by atoms with Crippen molar-refractivity contribution in [2.75, 3.05) is 32.6 Å². The summed E-state index contributed by atoms with van der Waals surface area (Å²) in [4.78, 5) is 0.237. The molecule has 2 aliphatic rings. The van der Waals surface area contributed by atoms with Gasteiger partial charge in [0.05, 0.1) is 17.2 Å². The Morgan fingerprint density at radius 3 is 2.12 bits per heavy atom. The van der Waals surface area contributed by atoms with E-state index in [0.29, 0.717) is 26.1 Å². The van der Waals surface area contributed by atoms with E-state index in [4.69, 9.17) is 4.74 Å². The number of rotatable bonds is 5. The summed E-state index contributed by atoms with van der Waals surface area (Å²) in [7, 11) is -6.96. The Hall–Kier alpha value is -1.00. The Morgan fingerprint density at radius 2 is 1.58 bits per heavy atom. The lowest BCUT2D eigenvalue weighted by atomic mass is 10.1. The standard InChI is InChI=1S/C15H22N2O5S2/c1-23(18,19)17(13-7-9-22-10-8-13)14-11-16(12-14)24(20,21)15-5-3-2-4-6-15/h2-6,13-14H,7-12H2,1H3. The summed E-state index contributed by atoms with van der Waals surface area (Å²) in [5.41, 5.74) is 0. The van der Waals surface area contributed by atoms with Crippen molar-refractivity contribution < 1.29 is 21.6 Å². The van der Waals surface area contributed by atoms with E-state index in [-0.39, 0.29) is 30.1 Å². The van der Waals surface area contributed by atoms with Gasteiger partial charge in [0.1, 0.15) is 0 Å². The molecule has 2 heterocycles. The molecule has 24 heavy (non-hydrogen) atoms. The lowest BCUT2D eigenvalue weighted by molar-refractivity contribution is 0.0317. The molecule has 0 amide bonds. The van der Waals surface area contributed by atoms with Gasteiger partial charge in [0.2, 0.25) is 20.0 Å². The van der Waals surface area contributed by atoms with Gasteiger partial charge in [-0.3, -0.25) is 0 Å². The molecule has 2 aliphatic heterocycles. The van der Waals surface area contributed by atoms with Crippen molar-refractivity contribution in [3.05, 3.63) is 30.3 Å². The second-order valence-corrected chi connectivity index (χ2v) is 10.1. The monoisotopic (exact) mass is 374 g/mol. The van der Waals surface area contributed by atoms with Crippen molar-refractivity contribution in [3.8, 4) is 0 Å². The number of ether oxygens (including phenoxy) is 1. The average molecular weight is 374 g/mol. The number of sulfonamides is 2. The van der Waals surface area contributed by atoms with Crippen LogP contribution in [0.5, 0.6) is 0 Å². The first kappa shape index (κ1) is 17.8. The minimum Gasteiger partial charge on any atom is -0.381 e. The largest absolute Gasteiger partial charge is 0.381 e. The van der Waals surface area contributed by atoms with Gasteiger partial charge in [-0.25, -0.2) is 16.8 Å². The highest BCUT2D eigenvalue weighted by atomic mass is 32.2. The molecule has 0 atom stereocenters. The fourth-order valence-corrected chi connectivity index (χ4v) is 6.26. The quantitative estimate of drug-likeness (QED) is 0.749. The first-order chi connectivity index (χ1) is 11.3. The minimum atomic E-state index is -3.56. The smallest absolute Gasteiger partial charge is 0.243 e. The molecule has 1 aromatic rings. The van der Waals surface area contributed by atoms with Crippen LogP contribution in [-0.2, 0) is 24.8 Å². The molecule has 134 valence electrons. The SMILES string of the molecule is CS(=O)(=O)N(C1CCOCC1)C1CN(S(=O)(=O)c2ccccc2)C1. The van der Waals surface area contributed by atoms with Crippen molar-refractivity contribution in [2.24, 2.45) is 0 Å². The Bertz CT molecular complexity index is 767. The molecule has 2 fully saturated rings. The van der Waals surface area contributed by atoms with Gasteiger partial charge in [-0.15, -0.1) is 0 Å². The molecule has 2 saturated heterocycles. The first-order valence-electron chi connectivity index (χ1n) is 7.91. The molecular formula is C15H22N2O5S2. The third kappa shape index (κ3) is 3.50. The highest BCUT2D eigenvalue weighted by Gasteiger charge is 2.45. The van der Waals surface area contributed by atoms with E-state index in [1.807, 2.05) is 0 Å². The van der Waals surface area contributed by atoms with Gasteiger partial charge in [0.15, 0.2) is 0 Å². The summed E-state index contributed by atoms with van der Waals surface area (Å²) >= 11 is 0. The lowest BCUT2D eigenvalue weighted by Crippen LogP contribution is -2.64. The average Bonchev–Trinajstić information content (AvgIpc) is 2.50. The second-order valence-electron chi connectivity index (χ2n) is 6.23. The summed E-state index contributed by atoms with van der Waals surface area (Å²) in [6.45, 7) is 1.47. The van der Waals surface area contributed by atoms with Gasteiger partial charge >= 0.3 is 0 Å². The van der Waals surface area contributed by atoms with E-state index in [9.17, 15) is 16.8 Å². The summed E-state index contributed by atoms with van der Waals surface area (Å²) in [5.74, 6) is 0. The van der Waals surface area contributed by atoms with Gasteiger partial charge < -0.3 is 4.74 Å². The zero-order valence-corrected chi connectivity index (χ0v) is 15.2. The summed E-state index contributed by atoms with van der Waals surface area (Å²) in [6.07, 6.45) is 2.49. The van der Waals surface area contributed by atoms with Crippen LogP contribution in [0.2, 0.25) is 0 Å². The second kappa shape index (κ2) is 6.72. The topological polar surface area (TPSA) is 84.0 Å². The van der Waals surface area contributed by atoms with Gasteiger partial charge in [-0.05, 0) is 25.0 Å². The van der Waals surface area contributed by atoms with Crippen LogP contribution in [0.25, 0.3) is 0 Å². The van der Waals surface area contributed by atoms with E-state index in [2.05, 4.69) is 0 Å². The highest BCUT2D eigenvalue weighted by Crippen LogP contribution is 2.29. The molecule has 0 N–H and O–H groups in total. The van der Waals surface area contributed by atoms with Crippen molar-refractivity contribution in [2.45, 2.75) is 29.8 Å². The molecule has 0 bridgehead atoms. The van der Waals surface area contributed by atoms with Crippen LogP contribution in [0.3, 0.4) is 0 Å². The maximum Gasteiger partial charge on any atom is 0.243 e. The Labute approximate surface area is 143 Å². The fraction of sp³-hybridized carbons (Fsp3) is 0.600. The van der Waals surface area contributed by atoms with Gasteiger partial charge in [0.25, 0.3) is 0 Å². The molecule has 0 radical (unpaired) electrons. The van der Waals surface area contributed by atoms with E-state index < -0.39 is 20.0 Å². The molecular weight excluding hydrogens is 352 g/mol. The molecule has 0 aromatic heterocycles. The first-order valence-corrected chi connectivity index (χ1v) is 11.2. The Balaban J connectivity index is 1.73. The minimum absolute atomic E-state index is 0.111. The van der Waals surface area contributed by atoms with Crippen molar-refractivity contribution >= 4 is 20.0 Å². The van der Waals surface area contributed by atoms with E-state index >= 15 is 0 Å². The van der Waals surface area contributed by atoms with Crippen molar-refractivity contribution in [3.63, 3.8) is 0 Å². The van der Waals surface area contributed by atoms with Crippen LogP contribution in [0.15, 0.2) is 35.2 Å². The van der Waals surface area contributed by atoms with E-state index in [1.54, 1.807) is 30.3 Å². The predicted molar refractivity (Wildman–Crippen MR) is 89.5 cm³/mol. The predicted octanol–water partition coefficient (Wildman–Crippen LogP) is 0.500. The van der Waals surface area contributed by atoms with Crippen LogP contribution in [-0.4, -0.2) is 70.1 Å². The molecule has 0 aliphatic carbocycles. The van der Waals surface area contributed by atoms with Crippen LogP contribution >= 0.6 is 0 Å².